The summed E-state index contributed by atoms with van der Waals surface area (Å²) in [4.78, 5) is 22.0. The van der Waals surface area contributed by atoms with Gasteiger partial charge in [-0.25, -0.2) is 4.79 Å². The number of benzene rings is 1. The zero-order valence-corrected chi connectivity index (χ0v) is 14.9. The van der Waals surface area contributed by atoms with Crippen LogP contribution in [0.3, 0.4) is 0 Å². The third-order valence-electron chi connectivity index (χ3n) is 3.43. The topological polar surface area (TPSA) is 115 Å². The molecule has 2 rings (SSSR count). The second-order valence-corrected chi connectivity index (χ2v) is 5.48. The molecular weight excluding hydrogens is 356 g/mol. The summed E-state index contributed by atoms with van der Waals surface area (Å²) >= 11 is 0. The molecule has 1 heterocycles. The van der Waals surface area contributed by atoms with Crippen molar-refractivity contribution < 1.29 is 33.6 Å². The van der Waals surface area contributed by atoms with Crippen molar-refractivity contribution in [2.24, 2.45) is 0 Å². The summed E-state index contributed by atoms with van der Waals surface area (Å²) in [5.74, 6) is 1.17. The van der Waals surface area contributed by atoms with Crippen LogP contribution in [0.15, 0.2) is 24.3 Å². The Hall–Kier alpha value is -2.78. The normalized spacial score (nSPS) is 12.7. The van der Waals surface area contributed by atoms with E-state index < -0.39 is 6.09 Å². The molecule has 0 radical (unpaired) electrons. The number of carbonyl (C=O) groups is 2. The molecule has 0 saturated heterocycles. The average Bonchev–Trinajstić information content (AvgIpc) is 2.67. The van der Waals surface area contributed by atoms with Crippen LogP contribution < -0.4 is 20.1 Å². The van der Waals surface area contributed by atoms with Crippen LogP contribution >= 0.6 is 0 Å². The third kappa shape index (κ3) is 8.43. The van der Waals surface area contributed by atoms with Crippen LogP contribution in [0.4, 0.5) is 4.79 Å². The van der Waals surface area contributed by atoms with Gasteiger partial charge in [0, 0.05) is 19.2 Å². The minimum absolute atomic E-state index is 0.218. The maximum atomic E-state index is 11.8. The number of rotatable bonds is 11. The van der Waals surface area contributed by atoms with Crippen molar-refractivity contribution in [3.8, 4) is 11.5 Å². The Morgan fingerprint density at radius 2 is 1.67 bits per heavy atom. The molecule has 3 N–H and O–H groups in total. The Kier molecular flexibility index (Phi) is 8.94. The molecule has 0 unspecified atom stereocenters. The van der Waals surface area contributed by atoms with E-state index in [-0.39, 0.29) is 19.1 Å². The van der Waals surface area contributed by atoms with E-state index in [0.29, 0.717) is 51.1 Å². The molecule has 27 heavy (non-hydrogen) atoms. The first kappa shape index (κ1) is 20.5. The number of nitrogens with one attached hydrogen (secondary N) is 2. The number of carboxylic acid groups (broad SMARTS) is 1. The van der Waals surface area contributed by atoms with Gasteiger partial charge in [0.2, 0.25) is 5.91 Å². The van der Waals surface area contributed by atoms with E-state index in [9.17, 15) is 9.59 Å². The summed E-state index contributed by atoms with van der Waals surface area (Å²) in [5, 5.41) is 13.3. The number of hydrogen-bond acceptors (Lipinski definition) is 6. The van der Waals surface area contributed by atoms with Crippen molar-refractivity contribution in [1.29, 1.82) is 0 Å². The quantitative estimate of drug-likeness (QED) is 0.386. The molecule has 0 saturated carbocycles. The summed E-state index contributed by atoms with van der Waals surface area (Å²) in [7, 11) is 0. The standard InChI is InChI=1S/C18H24N2O7/c21-17(19-5-7-24-9-10-25-8-6-20-18(22)23)4-2-14-1-3-15-16(13-14)27-12-11-26-15/h1-4,13,20H,5-12H2,(H,19,21)(H,22,23)/b4-2+. The first-order valence-corrected chi connectivity index (χ1v) is 8.63. The highest BCUT2D eigenvalue weighted by atomic mass is 16.6. The van der Waals surface area contributed by atoms with Crippen LogP contribution in [0, 0.1) is 0 Å². The lowest BCUT2D eigenvalue weighted by atomic mass is 10.2. The second-order valence-electron chi connectivity index (χ2n) is 5.48. The van der Waals surface area contributed by atoms with Crippen LogP contribution in [0.1, 0.15) is 5.56 Å². The molecule has 2 amide bonds. The van der Waals surface area contributed by atoms with Crippen molar-refractivity contribution in [2.45, 2.75) is 0 Å². The maximum absolute atomic E-state index is 11.8. The average molecular weight is 380 g/mol. The molecule has 0 aliphatic carbocycles. The van der Waals surface area contributed by atoms with E-state index in [1.165, 1.54) is 6.08 Å². The SMILES string of the molecule is O=C(O)NCCOCCOCCNC(=O)/C=C/c1ccc2c(c1)OCCO2. The Morgan fingerprint density at radius 3 is 2.37 bits per heavy atom. The van der Waals surface area contributed by atoms with E-state index in [1.54, 1.807) is 6.08 Å². The first-order chi connectivity index (χ1) is 13.1. The molecule has 1 aliphatic rings. The summed E-state index contributed by atoms with van der Waals surface area (Å²) < 4.78 is 21.4. The van der Waals surface area contributed by atoms with Gasteiger partial charge in [-0.3, -0.25) is 4.79 Å². The molecule has 148 valence electrons. The fourth-order valence-electron chi connectivity index (χ4n) is 2.19. The highest BCUT2D eigenvalue weighted by molar-refractivity contribution is 5.91. The van der Waals surface area contributed by atoms with E-state index in [2.05, 4.69) is 10.6 Å². The lowest BCUT2D eigenvalue weighted by Gasteiger charge is -2.18. The van der Waals surface area contributed by atoms with E-state index in [1.807, 2.05) is 18.2 Å². The summed E-state index contributed by atoms with van der Waals surface area (Å²) in [6.45, 7) is 3.06. The van der Waals surface area contributed by atoms with Gasteiger partial charge in [0.25, 0.3) is 0 Å². The molecule has 0 fully saturated rings. The molecule has 0 bridgehead atoms. The number of ether oxygens (including phenoxy) is 4. The highest BCUT2D eigenvalue weighted by Crippen LogP contribution is 2.30. The molecule has 1 aliphatic heterocycles. The predicted molar refractivity (Wildman–Crippen MR) is 97.1 cm³/mol. The van der Waals surface area contributed by atoms with Gasteiger partial charge in [-0.1, -0.05) is 6.07 Å². The smallest absolute Gasteiger partial charge is 0.404 e. The number of hydrogen-bond donors (Lipinski definition) is 3. The van der Waals surface area contributed by atoms with Crippen LogP contribution in [0.25, 0.3) is 6.08 Å². The minimum Gasteiger partial charge on any atom is -0.486 e. The monoisotopic (exact) mass is 380 g/mol. The molecule has 0 aromatic heterocycles. The number of fused-ring (bicyclic) bond motifs is 1. The van der Waals surface area contributed by atoms with Crippen molar-refractivity contribution >= 4 is 18.1 Å². The summed E-state index contributed by atoms with van der Waals surface area (Å²) in [6.07, 6.45) is 2.07. The van der Waals surface area contributed by atoms with E-state index in [0.717, 1.165) is 5.56 Å². The Balaban J connectivity index is 1.52. The highest BCUT2D eigenvalue weighted by Gasteiger charge is 2.10. The first-order valence-electron chi connectivity index (χ1n) is 8.63. The predicted octanol–water partition coefficient (Wildman–Crippen LogP) is 0.888. The van der Waals surface area contributed by atoms with Crippen LogP contribution in [0.2, 0.25) is 0 Å². The van der Waals surface area contributed by atoms with Gasteiger partial charge in [0.05, 0.1) is 26.4 Å². The van der Waals surface area contributed by atoms with Crippen molar-refractivity contribution in [3.05, 3.63) is 29.8 Å². The minimum atomic E-state index is -1.08. The molecule has 9 nitrogen and oxygen atoms in total. The molecule has 1 aromatic carbocycles. The molecular formula is C18H24N2O7. The van der Waals surface area contributed by atoms with E-state index >= 15 is 0 Å². The van der Waals surface area contributed by atoms with Gasteiger partial charge in [-0.2, -0.15) is 0 Å². The zero-order chi connectivity index (χ0) is 19.3. The van der Waals surface area contributed by atoms with Gasteiger partial charge in [-0.15, -0.1) is 0 Å². The molecule has 9 heteroatoms. The van der Waals surface area contributed by atoms with Crippen molar-refractivity contribution in [3.63, 3.8) is 0 Å². The van der Waals surface area contributed by atoms with Gasteiger partial charge >= 0.3 is 6.09 Å². The Morgan fingerprint density at radius 1 is 1.00 bits per heavy atom. The van der Waals surface area contributed by atoms with Crippen LogP contribution in [0.5, 0.6) is 11.5 Å². The van der Waals surface area contributed by atoms with E-state index in [4.69, 9.17) is 24.1 Å². The van der Waals surface area contributed by atoms with Gasteiger partial charge in [0.1, 0.15) is 13.2 Å². The fraction of sp³-hybridized carbons (Fsp3) is 0.444. The van der Waals surface area contributed by atoms with Crippen LogP contribution in [-0.2, 0) is 14.3 Å². The largest absolute Gasteiger partial charge is 0.486 e. The number of carbonyl (C=O) groups excluding carboxylic acids is 1. The second kappa shape index (κ2) is 11.8. The fourth-order valence-corrected chi connectivity index (χ4v) is 2.19. The van der Waals surface area contributed by atoms with Gasteiger partial charge in [-0.05, 0) is 23.8 Å². The van der Waals surface area contributed by atoms with Crippen molar-refractivity contribution in [2.75, 3.05) is 52.7 Å². The zero-order valence-electron chi connectivity index (χ0n) is 14.9. The lowest BCUT2D eigenvalue weighted by molar-refractivity contribution is -0.116. The lowest BCUT2D eigenvalue weighted by Crippen LogP contribution is -2.27. The number of amides is 2. The van der Waals surface area contributed by atoms with Gasteiger partial charge < -0.3 is 34.7 Å². The molecule has 0 spiro atoms. The molecule has 1 aromatic rings. The summed E-state index contributed by atoms with van der Waals surface area (Å²) in [6, 6.07) is 5.50. The molecule has 0 atom stereocenters. The maximum Gasteiger partial charge on any atom is 0.404 e. The van der Waals surface area contributed by atoms with Crippen molar-refractivity contribution in [1.82, 2.24) is 10.6 Å². The van der Waals surface area contributed by atoms with Gasteiger partial charge in [0.15, 0.2) is 11.5 Å². The van der Waals surface area contributed by atoms with Crippen LogP contribution in [-0.4, -0.2) is 69.8 Å². The Bertz CT molecular complexity index is 649. The summed E-state index contributed by atoms with van der Waals surface area (Å²) in [5.41, 5.74) is 0.847. The third-order valence-corrected chi connectivity index (χ3v) is 3.43. The Labute approximate surface area is 157 Å².